The molecule has 33 heavy (non-hydrogen) atoms. The number of anilines is 2. The van der Waals surface area contributed by atoms with Crippen LogP contribution >= 0.6 is 11.8 Å². The molecular formula is C22H26F3N5O2S. The molecule has 11 heteroatoms. The van der Waals surface area contributed by atoms with Crippen LogP contribution in [0.3, 0.4) is 0 Å². The standard InChI is InChI=1S/C22H26F3N5O2S/c1-2-11-26-21(32)15-6-5-12-30(13-15)18-9-10-20(29-28-18)33-14-19(31)27-17-8-4-3-7-16(17)22(23,24)25/h3-4,7-10,15H,2,5-6,11-14H2,1H3,(H,26,32)(H,27,31). The van der Waals surface area contributed by atoms with Crippen LogP contribution in [0.1, 0.15) is 31.7 Å². The normalized spacial score (nSPS) is 16.4. The van der Waals surface area contributed by atoms with Crippen molar-refractivity contribution in [3.8, 4) is 0 Å². The first-order chi connectivity index (χ1) is 15.8. The van der Waals surface area contributed by atoms with E-state index in [0.29, 0.717) is 23.9 Å². The van der Waals surface area contributed by atoms with Crippen molar-refractivity contribution in [2.45, 2.75) is 37.4 Å². The minimum Gasteiger partial charge on any atom is -0.356 e. The first-order valence-electron chi connectivity index (χ1n) is 10.7. The third kappa shape index (κ3) is 7.08. The summed E-state index contributed by atoms with van der Waals surface area (Å²) in [5.74, 6) is -0.0662. The van der Waals surface area contributed by atoms with E-state index in [0.717, 1.165) is 43.6 Å². The number of para-hydroxylation sites is 1. The highest BCUT2D eigenvalue weighted by Gasteiger charge is 2.33. The maximum Gasteiger partial charge on any atom is 0.418 e. The van der Waals surface area contributed by atoms with Gasteiger partial charge in [0.2, 0.25) is 11.8 Å². The Morgan fingerprint density at radius 1 is 1.18 bits per heavy atom. The second kappa shape index (κ2) is 11.4. The SMILES string of the molecule is CCCNC(=O)C1CCCN(c2ccc(SCC(=O)Nc3ccccc3C(F)(F)F)nn2)C1. The van der Waals surface area contributed by atoms with Crippen molar-refractivity contribution in [3.05, 3.63) is 42.0 Å². The van der Waals surface area contributed by atoms with Crippen LogP contribution in [0.2, 0.25) is 0 Å². The molecule has 1 saturated heterocycles. The Morgan fingerprint density at radius 3 is 2.67 bits per heavy atom. The van der Waals surface area contributed by atoms with E-state index in [4.69, 9.17) is 0 Å². The monoisotopic (exact) mass is 481 g/mol. The van der Waals surface area contributed by atoms with Crippen LogP contribution in [0.4, 0.5) is 24.7 Å². The summed E-state index contributed by atoms with van der Waals surface area (Å²) in [5, 5.41) is 14.0. The fraction of sp³-hybridized carbons (Fsp3) is 0.455. The van der Waals surface area contributed by atoms with Crippen LogP contribution in [0.15, 0.2) is 41.4 Å². The number of carbonyl (C=O) groups is 2. The minimum absolute atomic E-state index is 0.0554. The van der Waals surface area contributed by atoms with Crippen molar-refractivity contribution in [3.63, 3.8) is 0 Å². The molecule has 1 fully saturated rings. The Labute approximate surface area is 194 Å². The topological polar surface area (TPSA) is 87.2 Å². The fourth-order valence-electron chi connectivity index (χ4n) is 3.52. The number of hydrogen-bond acceptors (Lipinski definition) is 6. The van der Waals surface area contributed by atoms with Crippen LogP contribution in [0, 0.1) is 5.92 Å². The molecular weight excluding hydrogens is 455 g/mol. The third-order valence-corrected chi connectivity index (χ3v) is 6.07. The smallest absolute Gasteiger partial charge is 0.356 e. The van der Waals surface area contributed by atoms with E-state index in [1.54, 1.807) is 12.1 Å². The van der Waals surface area contributed by atoms with E-state index >= 15 is 0 Å². The number of hydrogen-bond donors (Lipinski definition) is 2. The Balaban J connectivity index is 1.53. The Bertz CT molecular complexity index is 956. The second-order valence-corrected chi connectivity index (χ2v) is 8.68. The number of aromatic nitrogens is 2. The predicted molar refractivity (Wildman–Crippen MR) is 121 cm³/mol. The van der Waals surface area contributed by atoms with Crippen LogP contribution in [0.5, 0.6) is 0 Å². The van der Waals surface area contributed by atoms with Crippen LogP contribution in [0.25, 0.3) is 0 Å². The van der Waals surface area contributed by atoms with E-state index < -0.39 is 17.6 Å². The number of thioether (sulfide) groups is 1. The molecule has 0 aliphatic carbocycles. The first-order valence-corrected chi connectivity index (χ1v) is 11.7. The van der Waals surface area contributed by atoms with Gasteiger partial charge in [0.15, 0.2) is 5.82 Å². The summed E-state index contributed by atoms with van der Waals surface area (Å²) in [5.41, 5.74) is -1.17. The largest absolute Gasteiger partial charge is 0.418 e. The van der Waals surface area contributed by atoms with Gasteiger partial charge in [-0.2, -0.15) is 13.2 Å². The summed E-state index contributed by atoms with van der Waals surface area (Å²) < 4.78 is 39.2. The van der Waals surface area contributed by atoms with E-state index in [9.17, 15) is 22.8 Å². The zero-order chi connectivity index (χ0) is 23.8. The molecule has 1 atom stereocenters. The van der Waals surface area contributed by atoms with Crippen LogP contribution < -0.4 is 15.5 Å². The quantitative estimate of drug-likeness (QED) is 0.555. The van der Waals surface area contributed by atoms with Crippen molar-refractivity contribution in [1.29, 1.82) is 0 Å². The average molecular weight is 482 g/mol. The number of nitrogens with one attached hydrogen (secondary N) is 2. The van der Waals surface area contributed by atoms with Gasteiger partial charge in [0.05, 0.1) is 22.9 Å². The molecule has 2 N–H and O–H groups in total. The van der Waals surface area contributed by atoms with Gasteiger partial charge >= 0.3 is 6.18 Å². The summed E-state index contributed by atoms with van der Waals surface area (Å²) in [6.45, 7) is 4.02. The number of alkyl halides is 3. The summed E-state index contributed by atoms with van der Waals surface area (Å²) in [6.07, 6.45) is -1.95. The average Bonchev–Trinajstić information content (AvgIpc) is 2.81. The van der Waals surface area contributed by atoms with Crippen LogP contribution in [-0.2, 0) is 15.8 Å². The van der Waals surface area contributed by atoms with E-state index in [1.807, 2.05) is 11.8 Å². The van der Waals surface area contributed by atoms with Crippen molar-refractivity contribution < 1.29 is 22.8 Å². The molecule has 1 aliphatic rings. The van der Waals surface area contributed by atoms with Gasteiger partial charge in [-0.25, -0.2) is 0 Å². The molecule has 7 nitrogen and oxygen atoms in total. The zero-order valence-corrected chi connectivity index (χ0v) is 19.0. The molecule has 3 rings (SSSR count). The number of rotatable bonds is 8. The van der Waals surface area contributed by atoms with E-state index in [1.165, 1.54) is 18.2 Å². The predicted octanol–water partition coefficient (Wildman–Crippen LogP) is 3.97. The highest BCUT2D eigenvalue weighted by molar-refractivity contribution is 7.99. The highest BCUT2D eigenvalue weighted by Crippen LogP contribution is 2.34. The number of amides is 2. The van der Waals surface area contributed by atoms with Crippen molar-refractivity contribution in [2.24, 2.45) is 5.92 Å². The van der Waals surface area contributed by atoms with Gasteiger partial charge in [-0.05, 0) is 43.5 Å². The molecule has 0 radical (unpaired) electrons. The van der Waals surface area contributed by atoms with E-state index in [-0.39, 0.29) is 23.3 Å². The molecule has 1 aromatic carbocycles. The van der Waals surface area contributed by atoms with Crippen molar-refractivity contribution >= 4 is 35.1 Å². The number of carbonyl (C=O) groups excluding carboxylic acids is 2. The van der Waals surface area contributed by atoms with Gasteiger partial charge in [-0.1, -0.05) is 30.8 Å². The number of benzene rings is 1. The third-order valence-electron chi connectivity index (χ3n) is 5.15. The van der Waals surface area contributed by atoms with Gasteiger partial charge in [0.1, 0.15) is 5.03 Å². The lowest BCUT2D eigenvalue weighted by molar-refractivity contribution is -0.137. The molecule has 178 valence electrons. The van der Waals surface area contributed by atoms with Crippen molar-refractivity contribution in [1.82, 2.24) is 15.5 Å². The molecule has 2 aromatic rings. The zero-order valence-electron chi connectivity index (χ0n) is 18.2. The molecule has 0 saturated carbocycles. The maximum atomic E-state index is 13.1. The Morgan fingerprint density at radius 2 is 1.97 bits per heavy atom. The summed E-state index contributed by atoms with van der Waals surface area (Å²) in [7, 11) is 0. The summed E-state index contributed by atoms with van der Waals surface area (Å²) in [6, 6.07) is 8.33. The van der Waals surface area contributed by atoms with Gasteiger partial charge < -0.3 is 15.5 Å². The number of piperidine rings is 1. The Kier molecular flexibility index (Phi) is 8.54. The van der Waals surface area contributed by atoms with Gasteiger partial charge in [0.25, 0.3) is 0 Å². The molecule has 0 bridgehead atoms. The first kappa shape index (κ1) is 24.8. The summed E-state index contributed by atoms with van der Waals surface area (Å²) >= 11 is 1.08. The molecule has 2 amide bonds. The molecule has 1 aliphatic heterocycles. The highest BCUT2D eigenvalue weighted by atomic mass is 32.2. The number of halogens is 3. The molecule has 2 heterocycles. The lowest BCUT2D eigenvalue weighted by Gasteiger charge is -2.32. The van der Waals surface area contributed by atoms with Gasteiger partial charge in [0, 0.05) is 19.6 Å². The minimum atomic E-state index is -4.55. The summed E-state index contributed by atoms with van der Waals surface area (Å²) in [4.78, 5) is 26.4. The Hall–Kier alpha value is -2.82. The van der Waals surface area contributed by atoms with Crippen molar-refractivity contribution in [2.75, 3.05) is 35.6 Å². The van der Waals surface area contributed by atoms with Gasteiger partial charge in [-0.3, -0.25) is 9.59 Å². The molecule has 1 unspecified atom stereocenters. The molecule has 1 aromatic heterocycles. The lowest BCUT2D eigenvalue weighted by Crippen LogP contribution is -2.43. The number of nitrogens with zero attached hydrogens (tertiary/aromatic N) is 3. The van der Waals surface area contributed by atoms with Gasteiger partial charge in [-0.15, -0.1) is 10.2 Å². The van der Waals surface area contributed by atoms with E-state index in [2.05, 4.69) is 20.8 Å². The molecule has 0 spiro atoms. The lowest BCUT2D eigenvalue weighted by atomic mass is 9.97. The fourth-order valence-corrected chi connectivity index (χ4v) is 4.13. The second-order valence-electron chi connectivity index (χ2n) is 7.69. The van der Waals surface area contributed by atoms with Crippen LogP contribution in [-0.4, -0.2) is 47.4 Å². The maximum absolute atomic E-state index is 13.1.